The van der Waals surface area contributed by atoms with Crippen molar-refractivity contribution in [3.63, 3.8) is 0 Å². The fraction of sp³-hybridized carbons (Fsp3) is 0.222. The zero-order chi connectivity index (χ0) is 9.68. The Morgan fingerprint density at radius 2 is 2.23 bits per heavy atom. The summed E-state index contributed by atoms with van der Waals surface area (Å²) in [6, 6.07) is 6.96. The molecule has 0 heterocycles. The minimum Gasteiger partial charge on any atom is -0.507 e. The number of hydrogen-bond donors (Lipinski definition) is 2. The molecule has 1 aromatic carbocycles. The Balaban J connectivity index is 2.54. The molecule has 13 heavy (non-hydrogen) atoms. The molecule has 0 saturated heterocycles. The van der Waals surface area contributed by atoms with Gasteiger partial charge >= 0.3 is 0 Å². The Morgan fingerprint density at radius 3 is 2.85 bits per heavy atom. The lowest BCUT2D eigenvalue weighted by atomic mass is 10.3. The normalized spacial score (nSPS) is 9.62. The smallest absolute Gasteiger partial charge is 0.230 e. The number of nitrogens with one attached hydrogen (secondary N) is 1. The van der Waals surface area contributed by atoms with Gasteiger partial charge < -0.3 is 10.4 Å². The van der Waals surface area contributed by atoms with E-state index in [1.807, 2.05) is 6.07 Å². The predicted octanol–water partition coefficient (Wildman–Crippen LogP) is 1.23. The number of aromatic hydroxyl groups is 1. The van der Waals surface area contributed by atoms with Crippen LogP contribution in [0.5, 0.6) is 5.75 Å². The van der Waals surface area contributed by atoms with Gasteiger partial charge in [-0.3, -0.25) is 4.79 Å². The van der Waals surface area contributed by atoms with Crippen LogP contribution in [0, 0.1) is 0 Å². The Hall–Kier alpha value is -1.16. The molecule has 1 amide bonds. The van der Waals surface area contributed by atoms with Crippen molar-refractivity contribution in [1.29, 1.82) is 0 Å². The summed E-state index contributed by atoms with van der Waals surface area (Å²) < 4.78 is 0. The molecule has 0 aliphatic heterocycles. The number of phenols is 1. The van der Waals surface area contributed by atoms with Crippen molar-refractivity contribution in [3.05, 3.63) is 24.3 Å². The fourth-order valence-corrected chi connectivity index (χ4v) is 1.62. The van der Waals surface area contributed by atoms with E-state index in [2.05, 4.69) is 5.32 Å². The molecule has 2 N–H and O–H groups in total. The lowest BCUT2D eigenvalue weighted by Crippen LogP contribution is -2.19. The maximum Gasteiger partial charge on any atom is 0.230 e. The Labute approximate surface area is 81.2 Å². The van der Waals surface area contributed by atoms with E-state index in [1.54, 1.807) is 25.2 Å². The molecular weight excluding hydrogens is 186 g/mol. The number of carbonyl (C=O) groups excluding carboxylic acids is 1. The number of rotatable bonds is 3. The summed E-state index contributed by atoms with van der Waals surface area (Å²) in [6.07, 6.45) is 0. The maximum absolute atomic E-state index is 10.9. The Morgan fingerprint density at radius 1 is 1.54 bits per heavy atom. The third-order valence-corrected chi connectivity index (χ3v) is 2.57. The number of thioether (sulfide) groups is 1. The van der Waals surface area contributed by atoms with Gasteiger partial charge in [0, 0.05) is 11.9 Å². The van der Waals surface area contributed by atoms with E-state index in [9.17, 15) is 9.90 Å². The molecule has 0 aliphatic carbocycles. The largest absolute Gasteiger partial charge is 0.507 e. The van der Waals surface area contributed by atoms with Crippen LogP contribution in [0.3, 0.4) is 0 Å². The minimum absolute atomic E-state index is 0.0479. The van der Waals surface area contributed by atoms with E-state index in [0.717, 1.165) is 4.90 Å². The van der Waals surface area contributed by atoms with Crippen molar-refractivity contribution in [3.8, 4) is 5.75 Å². The lowest BCUT2D eigenvalue weighted by Gasteiger charge is -2.02. The third kappa shape index (κ3) is 2.99. The van der Waals surface area contributed by atoms with Gasteiger partial charge in [-0.05, 0) is 12.1 Å². The van der Waals surface area contributed by atoms with Crippen LogP contribution in [-0.2, 0) is 4.79 Å². The highest BCUT2D eigenvalue weighted by Gasteiger charge is 2.03. The predicted molar refractivity (Wildman–Crippen MR) is 52.9 cm³/mol. The summed E-state index contributed by atoms with van der Waals surface area (Å²) >= 11 is 1.32. The Bertz CT molecular complexity index is 301. The van der Waals surface area contributed by atoms with Crippen molar-refractivity contribution in [2.75, 3.05) is 12.8 Å². The lowest BCUT2D eigenvalue weighted by molar-refractivity contribution is -0.118. The summed E-state index contributed by atoms with van der Waals surface area (Å²) in [5, 5.41) is 11.9. The Kier molecular flexibility index (Phi) is 3.64. The quantitative estimate of drug-likeness (QED) is 0.716. The van der Waals surface area contributed by atoms with Crippen LogP contribution in [0.15, 0.2) is 29.2 Å². The van der Waals surface area contributed by atoms with E-state index in [0.29, 0.717) is 5.75 Å². The second-order valence-electron chi connectivity index (χ2n) is 2.43. The van der Waals surface area contributed by atoms with Crippen LogP contribution in [0.25, 0.3) is 0 Å². The second kappa shape index (κ2) is 4.77. The average molecular weight is 197 g/mol. The van der Waals surface area contributed by atoms with Gasteiger partial charge in [0.1, 0.15) is 5.75 Å². The van der Waals surface area contributed by atoms with Gasteiger partial charge in [0.25, 0.3) is 0 Å². The molecule has 0 fully saturated rings. The first kappa shape index (κ1) is 9.92. The molecular formula is C9H11NO2S. The SMILES string of the molecule is CNC(=O)CSc1ccccc1O. The van der Waals surface area contributed by atoms with Crippen molar-refractivity contribution < 1.29 is 9.90 Å². The molecule has 4 heteroatoms. The first-order valence-corrected chi connectivity index (χ1v) is 4.84. The molecule has 70 valence electrons. The summed E-state index contributed by atoms with van der Waals surface area (Å²) in [4.78, 5) is 11.6. The number of para-hydroxylation sites is 1. The van der Waals surface area contributed by atoms with E-state index in [-0.39, 0.29) is 11.7 Å². The summed E-state index contributed by atoms with van der Waals surface area (Å²) in [7, 11) is 1.59. The average Bonchev–Trinajstić information content (AvgIpc) is 2.16. The van der Waals surface area contributed by atoms with Gasteiger partial charge in [0.15, 0.2) is 0 Å². The molecule has 1 aromatic rings. The molecule has 0 spiro atoms. The van der Waals surface area contributed by atoms with Crippen molar-refractivity contribution in [2.45, 2.75) is 4.90 Å². The van der Waals surface area contributed by atoms with Gasteiger partial charge in [0.05, 0.1) is 5.75 Å². The standard InChI is InChI=1S/C9H11NO2S/c1-10-9(12)6-13-8-5-3-2-4-7(8)11/h2-5,11H,6H2,1H3,(H,10,12). The molecule has 3 nitrogen and oxygen atoms in total. The first-order valence-electron chi connectivity index (χ1n) is 3.85. The van der Waals surface area contributed by atoms with Gasteiger partial charge in [-0.2, -0.15) is 0 Å². The molecule has 0 unspecified atom stereocenters. The van der Waals surface area contributed by atoms with Crippen LogP contribution >= 0.6 is 11.8 Å². The first-order chi connectivity index (χ1) is 6.24. The fourth-order valence-electron chi connectivity index (χ4n) is 0.795. The number of hydrogen-bond acceptors (Lipinski definition) is 3. The van der Waals surface area contributed by atoms with E-state index < -0.39 is 0 Å². The number of phenolic OH excluding ortho intramolecular Hbond substituents is 1. The zero-order valence-electron chi connectivity index (χ0n) is 7.28. The van der Waals surface area contributed by atoms with Gasteiger partial charge in [-0.25, -0.2) is 0 Å². The van der Waals surface area contributed by atoms with Crippen LogP contribution < -0.4 is 5.32 Å². The van der Waals surface area contributed by atoms with Gasteiger partial charge in [0.2, 0.25) is 5.91 Å². The van der Waals surface area contributed by atoms with Crippen LogP contribution in [0.4, 0.5) is 0 Å². The van der Waals surface area contributed by atoms with Crippen molar-refractivity contribution >= 4 is 17.7 Å². The highest BCUT2D eigenvalue weighted by atomic mass is 32.2. The molecule has 1 rings (SSSR count). The number of carbonyl (C=O) groups is 1. The second-order valence-corrected chi connectivity index (χ2v) is 3.45. The monoisotopic (exact) mass is 197 g/mol. The van der Waals surface area contributed by atoms with Crippen molar-refractivity contribution in [1.82, 2.24) is 5.32 Å². The topological polar surface area (TPSA) is 49.3 Å². The summed E-state index contributed by atoms with van der Waals surface area (Å²) in [6.45, 7) is 0. The molecule has 0 aromatic heterocycles. The van der Waals surface area contributed by atoms with Crippen LogP contribution in [-0.4, -0.2) is 23.8 Å². The van der Waals surface area contributed by atoms with Crippen molar-refractivity contribution in [2.24, 2.45) is 0 Å². The molecule has 0 radical (unpaired) electrons. The van der Waals surface area contributed by atoms with Gasteiger partial charge in [-0.15, -0.1) is 11.8 Å². The molecule has 0 bridgehead atoms. The van der Waals surface area contributed by atoms with E-state index >= 15 is 0 Å². The summed E-state index contributed by atoms with van der Waals surface area (Å²) in [5.74, 6) is 0.498. The van der Waals surface area contributed by atoms with Crippen LogP contribution in [0.2, 0.25) is 0 Å². The third-order valence-electron chi connectivity index (χ3n) is 1.50. The van der Waals surface area contributed by atoms with Gasteiger partial charge in [-0.1, -0.05) is 12.1 Å². The van der Waals surface area contributed by atoms with E-state index in [4.69, 9.17) is 0 Å². The number of benzene rings is 1. The highest BCUT2D eigenvalue weighted by Crippen LogP contribution is 2.27. The zero-order valence-corrected chi connectivity index (χ0v) is 8.10. The summed E-state index contributed by atoms with van der Waals surface area (Å²) in [5.41, 5.74) is 0. The maximum atomic E-state index is 10.9. The molecule has 0 aliphatic rings. The minimum atomic E-state index is -0.0479. The highest BCUT2D eigenvalue weighted by molar-refractivity contribution is 8.00. The number of amides is 1. The molecule has 0 atom stereocenters. The molecule has 0 saturated carbocycles. The van der Waals surface area contributed by atoms with Crippen LogP contribution in [0.1, 0.15) is 0 Å². The van der Waals surface area contributed by atoms with E-state index in [1.165, 1.54) is 11.8 Å².